The van der Waals surface area contributed by atoms with Crippen LogP contribution in [0.1, 0.15) is 35.7 Å². The third-order valence-electron chi connectivity index (χ3n) is 6.13. The van der Waals surface area contributed by atoms with E-state index in [-0.39, 0.29) is 16.2 Å². The van der Waals surface area contributed by atoms with Gasteiger partial charge in [-0.05, 0) is 53.9 Å². The van der Waals surface area contributed by atoms with Gasteiger partial charge in [-0.15, -0.1) is 0 Å². The molecule has 1 aliphatic carbocycles. The smallest absolute Gasteiger partial charge is 0.294 e. The Labute approximate surface area is 196 Å². The predicted octanol–water partition coefficient (Wildman–Crippen LogP) is 5.00. The van der Waals surface area contributed by atoms with Gasteiger partial charge in [0.1, 0.15) is 0 Å². The maximum absolute atomic E-state index is 13.7. The van der Waals surface area contributed by atoms with Crippen LogP contribution in [0.4, 0.5) is 11.4 Å². The predicted molar refractivity (Wildman–Crippen MR) is 132 cm³/mol. The zero-order valence-electron chi connectivity index (χ0n) is 18.4. The van der Waals surface area contributed by atoms with Crippen LogP contribution in [0.3, 0.4) is 0 Å². The lowest BCUT2D eigenvalue weighted by Gasteiger charge is -2.24. The van der Waals surface area contributed by atoms with Gasteiger partial charge in [-0.2, -0.15) is 8.42 Å². The van der Waals surface area contributed by atoms with Crippen LogP contribution in [-0.2, 0) is 16.7 Å². The van der Waals surface area contributed by atoms with E-state index in [2.05, 4.69) is 12.2 Å². The molecule has 0 atom stereocenters. The van der Waals surface area contributed by atoms with E-state index in [1.807, 2.05) is 18.2 Å². The van der Waals surface area contributed by atoms with Crippen LogP contribution in [0.25, 0.3) is 22.0 Å². The summed E-state index contributed by atoms with van der Waals surface area (Å²) >= 11 is 0. The highest BCUT2D eigenvalue weighted by Crippen LogP contribution is 2.42. The standard InChI is InChI=1S/C26H22N2O5S/c1-2-3-14-28-22-13-12-21(27-16-8-10-17(11-9-16)34(31,32)33)25-24(22)20(15-23(28)29)18-6-4-5-7-19(18)26(25)30/h4-13,15,27H,2-3,14H2,1H3,(H,31,32,33). The van der Waals surface area contributed by atoms with E-state index >= 15 is 0 Å². The molecule has 172 valence electrons. The first kappa shape index (κ1) is 22.1. The van der Waals surface area contributed by atoms with Crippen molar-refractivity contribution in [3.63, 3.8) is 0 Å². The lowest BCUT2D eigenvalue weighted by Crippen LogP contribution is -2.23. The third-order valence-corrected chi connectivity index (χ3v) is 7.00. The molecule has 0 unspecified atom stereocenters. The number of nitrogens with one attached hydrogen (secondary N) is 1. The largest absolute Gasteiger partial charge is 0.355 e. The normalized spacial score (nSPS) is 12.6. The van der Waals surface area contributed by atoms with Crippen molar-refractivity contribution in [2.24, 2.45) is 0 Å². The molecule has 0 fully saturated rings. The molecule has 7 nitrogen and oxygen atoms in total. The van der Waals surface area contributed by atoms with Crippen LogP contribution in [-0.4, -0.2) is 23.3 Å². The Bertz CT molecular complexity index is 1620. The topological polar surface area (TPSA) is 105 Å². The Balaban J connectivity index is 1.73. The maximum Gasteiger partial charge on any atom is 0.294 e. The Hall–Kier alpha value is -3.75. The summed E-state index contributed by atoms with van der Waals surface area (Å²) in [4.78, 5) is 26.5. The van der Waals surface area contributed by atoms with Gasteiger partial charge in [0.2, 0.25) is 0 Å². The molecule has 1 heterocycles. The van der Waals surface area contributed by atoms with Crippen LogP contribution >= 0.6 is 0 Å². The van der Waals surface area contributed by atoms with E-state index in [0.717, 1.165) is 29.4 Å². The number of unbranched alkanes of at least 4 members (excludes halogenated alkanes) is 1. The number of fused-ring (bicyclic) bond motifs is 2. The molecule has 4 aromatic rings. The Morgan fingerprint density at radius 1 is 0.912 bits per heavy atom. The van der Waals surface area contributed by atoms with Crippen molar-refractivity contribution in [1.82, 2.24) is 4.57 Å². The van der Waals surface area contributed by atoms with Gasteiger partial charge in [0.25, 0.3) is 15.7 Å². The molecule has 0 spiro atoms. The van der Waals surface area contributed by atoms with E-state index in [4.69, 9.17) is 0 Å². The average molecular weight is 475 g/mol. The number of hydrogen-bond acceptors (Lipinski definition) is 5. The van der Waals surface area contributed by atoms with E-state index in [1.54, 1.807) is 28.8 Å². The summed E-state index contributed by atoms with van der Waals surface area (Å²) in [6.45, 7) is 2.62. The van der Waals surface area contributed by atoms with E-state index in [9.17, 15) is 22.6 Å². The van der Waals surface area contributed by atoms with Crippen LogP contribution in [0, 0.1) is 0 Å². The summed E-state index contributed by atoms with van der Waals surface area (Å²) in [5.74, 6) is -0.147. The highest BCUT2D eigenvalue weighted by molar-refractivity contribution is 7.85. The molecule has 1 aliphatic rings. The quantitative estimate of drug-likeness (QED) is 0.336. The Morgan fingerprint density at radius 3 is 2.29 bits per heavy atom. The summed E-state index contributed by atoms with van der Waals surface area (Å²) in [5, 5.41) is 3.93. The van der Waals surface area contributed by atoms with Crippen molar-refractivity contribution in [2.75, 3.05) is 5.32 Å². The second-order valence-electron chi connectivity index (χ2n) is 8.28. The van der Waals surface area contributed by atoms with Gasteiger partial charge in [0, 0.05) is 29.2 Å². The zero-order chi connectivity index (χ0) is 24.0. The van der Waals surface area contributed by atoms with Crippen LogP contribution in [0.2, 0.25) is 0 Å². The molecule has 0 amide bonds. The number of carbonyl (C=O) groups is 1. The number of aryl methyl sites for hydroxylation is 1. The van der Waals surface area contributed by atoms with Crippen molar-refractivity contribution in [1.29, 1.82) is 0 Å². The molecule has 0 saturated carbocycles. The number of carbonyl (C=O) groups excluding carboxylic acids is 1. The van der Waals surface area contributed by atoms with Gasteiger partial charge < -0.3 is 9.88 Å². The van der Waals surface area contributed by atoms with Crippen molar-refractivity contribution in [3.05, 3.63) is 88.2 Å². The number of nitrogens with zero attached hydrogens (tertiary/aromatic N) is 1. The fourth-order valence-corrected chi connectivity index (χ4v) is 4.98. The molecule has 0 radical (unpaired) electrons. The molecule has 0 saturated heterocycles. The molecule has 8 heteroatoms. The summed E-state index contributed by atoms with van der Waals surface area (Å²) in [7, 11) is -4.30. The maximum atomic E-state index is 13.7. The van der Waals surface area contributed by atoms with Gasteiger partial charge in [-0.25, -0.2) is 0 Å². The van der Waals surface area contributed by atoms with Crippen molar-refractivity contribution in [3.8, 4) is 11.1 Å². The minimum absolute atomic E-state index is 0.104. The van der Waals surface area contributed by atoms with Gasteiger partial charge in [-0.3, -0.25) is 14.1 Å². The van der Waals surface area contributed by atoms with Crippen molar-refractivity contribution >= 4 is 38.2 Å². The Kier molecular flexibility index (Phi) is 5.34. The fraction of sp³-hybridized carbons (Fsp3) is 0.154. The first-order valence-electron chi connectivity index (χ1n) is 11.0. The molecule has 5 rings (SSSR count). The number of benzene rings is 3. The fourth-order valence-electron chi connectivity index (χ4n) is 4.50. The van der Waals surface area contributed by atoms with Gasteiger partial charge >= 0.3 is 0 Å². The van der Waals surface area contributed by atoms with Crippen molar-refractivity contribution < 1.29 is 17.8 Å². The highest BCUT2D eigenvalue weighted by Gasteiger charge is 2.29. The number of ketones is 1. The summed E-state index contributed by atoms with van der Waals surface area (Å²) < 4.78 is 33.6. The zero-order valence-corrected chi connectivity index (χ0v) is 19.2. The monoisotopic (exact) mass is 474 g/mol. The first-order chi connectivity index (χ1) is 16.3. The van der Waals surface area contributed by atoms with Crippen LogP contribution in [0.15, 0.2) is 76.4 Å². The molecular formula is C26H22N2O5S. The van der Waals surface area contributed by atoms with Crippen LogP contribution < -0.4 is 10.9 Å². The summed E-state index contributed by atoms with van der Waals surface area (Å²) in [6, 6.07) is 18.1. The Morgan fingerprint density at radius 2 is 1.62 bits per heavy atom. The van der Waals surface area contributed by atoms with E-state index < -0.39 is 10.1 Å². The molecular weight excluding hydrogens is 452 g/mol. The molecule has 0 bridgehead atoms. The highest BCUT2D eigenvalue weighted by atomic mass is 32.2. The van der Waals surface area contributed by atoms with E-state index in [0.29, 0.717) is 34.6 Å². The van der Waals surface area contributed by atoms with E-state index in [1.165, 1.54) is 24.3 Å². The van der Waals surface area contributed by atoms with Crippen molar-refractivity contribution in [2.45, 2.75) is 31.2 Å². The number of anilines is 2. The third kappa shape index (κ3) is 3.61. The lowest BCUT2D eigenvalue weighted by atomic mass is 9.83. The van der Waals surface area contributed by atoms with Gasteiger partial charge in [0.15, 0.2) is 5.78 Å². The molecule has 3 aromatic carbocycles. The van der Waals surface area contributed by atoms with Crippen LogP contribution in [0.5, 0.6) is 0 Å². The summed E-state index contributed by atoms with van der Waals surface area (Å²) in [5.41, 5.74) is 4.16. The molecule has 0 aliphatic heterocycles. The SMILES string of the molecule is CCCCn1c(=O)cc2c3c(c(Nc4ccc(S(=O)(=O)O)cc4)ccc31)C(=O)c1ccccc1-2. The summed E-state index contributed by atoms with van der Waals surface area (Å²) in [6.07, 6.45) is 1.78. The second kappa shape index (κ2) is 8.23. The minimum Gasteiger partial charge on any atom is -0.355 e. The second-order valence-corrected chi connectivity index (χ2v) is 9.70. The number of aromatic nitrogens is 1. The lowest BCUT2D eigenvalue weighted by molar-refractivity contribution is 0.104. The molecule has 1 aromatic heterocycles. The number of pyridine rings is 1. The molecule has 34 heavy (non-hydrogen) atoms. The molecule has 2 N–H and O–H groups in total. The number of rotatable bonds is 6. The van der Waals surface area contributed by atoms with Gasteiger partial charge in [0.05, 0.1) is 21.7 Å². The van der Waals surface area contributed by atoms with Gasteiger partial charge in [-0.1, -0.05) is 37.6 Å². The first-order valence-corrected chi connectivity index (χ1v) is 12.4. The minimum atomic E-state index is -4.30. The number of hydrogen-bond donors (Lipinski definition) is 2. The average Bonchev–Trinajstić information content (AvgIpc) is 2.82.